The van der Waals surface area contributed by atoms with Gasteiger partial charge in [-0.2, -0.15) is 0 Å². The molecule has 0 heterocycles. The summed E-state index contributed by atoms with van der Waals surface area (Å²) in [5, 5.41) is 24.4. The van der Waals surface area contributed by atoms with Crippen LogP contribution in [0, 0.1) is 34.5 Å². The number of hydrogen-bond donors (Lipinski definition) is 2. The quantitative estimate of drug-likeness (QED) is 0.520. The Bertz CT molecular complexity index is 490. The molecule has 4 rings (SSSR count). The normalized spacial score (nSPS) is 56.3. The number of rotatable bonds is 0. The van der Waals surface area contributed by atoms with Crippen LogP contribution in [0.2, 0.25) is 0 Å². The third-order valence-electron chi connectivity index (χ3n) is 8.36. The van der Waals surface area contributed by atoms with Crippen molar-refractivity contribution >= 4 is 5.71 Å². The lowest BCUT2D eigenvalue weighted by molar-refractivity contribution is -0.106. The fourth-order valence-electron chi connectivity index (χ4n) is 7.21. The van der Waals surface area contributed by atoms with Crippen LogP contribution in [0.5, 0.6) is 0 Å². The SMILES string of the molecule is C[C@@]12CCC[C@H]1[C@@H]1[C@H](O)/C(=N/O)C3CCCC[C@]3(C)[C@H]1CC2. The van der Waals surface area contributed by atoms with E-state index in [4.69, 9.17) is 0 Å². The highest BCUT2D eigenvalue weighted by Gasteiger charge is 2.62. The average Bonchev–Trinajstić information content (AvgIpc) is 2.89. The van der Waals surface area contributed by atoms with Crippen molar-refractivity contribution in [3.8, 4) is 0 Å². The van der Waals surface area contributed by atoms with Gasteiger partial charge in [0.05, 0.1) is 11.8 Å². The average molecular weight is 305 g/mol. The lowest BCUT2D eigenvalue weighted by Gasteiger charge is -2.61. The number of fused-ring (bicyclic) bond motifs is 5. The Labute approximate surface area is 134 Å². The summed E-state index contributed by atoms with van der Waals surface area (Å²) < 4.78 is 0. The highest BCUT2D eigenvalue weighted by molar-refractivity contribution is 5.92. The summed E-state index contributed by atoms with van der Waals surface area (Å²) in [5.41, 5.74) is 1.38. The molecule has 7 atom stereocenters. The second-order valence-corrected chi connectivity index (χ2v) is 9.15. The summed E-state index contributed by atoms with van der Waals surface area (Å²) in [6.45, 7) is 4.88. The largest absolute Gasteiger partial charge is 0.411 e. The van der Waals surface area contributed by atoms with E-state index in [-0.39, 0.29) is 5.41 Å². The van der Waals surface area contributed by atoms with Crippen molar-refractivity contribution in [2.45, 2.75) is 77.7 Å². The minimum absolute atomic E-state index is 0.244. The predicted octanol–water partition coefficient (Wildman–Crippen LogP) is 4.22. The van der Waals surface area contributed by atoms with Gasteiger partial charge in [-0.05, 0) is 67.1 Å². The molecule has 0 bridgehead atoms. The van der Waals surface area contributed by atoms with E-state index < -0.39 is 6.10 Å². The molecule has 0 radical (unpaired) electrons. The molecule has 1 unspecified atom stereocenters. The molecule has 3 heteroatoms. The smallest absolute Gasteiger partial charge is 0.0991 e. The van der Waals surface area contributed by atoms with Crippen molar-refractivity contribution in [2.75, 3.05) is 0 Å². The van der Waals surface area contributed by atoms with E-state index in [9.17, 15) is 10.3 Å². The first kappa shape index (κ1) is 15.0. The lowest BCUT2D eigenvalue weighted by atomic mass is 9.44. The van der Waals surface area contributed by atoms with Crippen molar-refractivity contribution in [1.29, 1.82) is 0 Å². The van der Waals surface area contributed by atoms with Crippen LogP contribution in [0.15, 0.2) is 5.16 Å². The van der Waals surface area contributed by atoms with Crippen molar-refractivity contribution in [3.63, 3.8) is 0 Å². The zero-order valence-electron chi connectivity index (χ0n) is 14.1. The summed E-state index contributed by atoms with van der Waals surface area (Å²) in [6.07, 6.45) is 10.8. The number of hydrogen-bond acceptors (Lipinski definition) is 3. The van der Waals surface area contributed by atoms with Gasteiger partial charge >= 0.3 is 0 Å². The van der Waals surface area contributed by atoms with Crippen LogP contribution in [0.25, 0.3) is 0 Å². The molecule has 0 aromatic carbocycles. The second-order valence-electron chi connectivity index (χ2n) is 9.15. The standard InChI is InChI=1S/C19H31NO2/c1-18-9-5-7-12(18)15-13(8-11-18)19(2)10-4-3-6-14(19)16(20-22)17(15)21/h12-15,17,21-22H,3-11H2,1-2H3/b20-16+/t12-,13-,14?,15-,17-,18-,19+/m0/s1. The monoisotopic (exact) mass is 305 g/mol. The maximum absolute atomic E-state index is 11.1. The Morgan fingerprint density at radius 3 is 2.55 bits per heavy atom. The van der Waals surface area contributed by atoms with Gasteiger partial charge in [0.25, 0.3) is 0 Å². The summed E-state index contributed by atoms with van der Waals surface area (Å²) >= 11 is 0. The molecule has 22 heavy (non-hydrogen) atoms. The molecule has 4 fully saturated rings. The Kier molecular flexibility index (Phi) is 3.38. The van der Waals surface area contributed by atoms with Gasteiger partial charge in [-0.3, -0.25) is 0 Å². The molecule has 0 saturated heterocycles. The van der Waals surface area contributed by atoms with Gasteiger partial charge in [0.2, 0.25) is 0 Å². The Morgan fingerprint density at radius 1 is 0.955 bits per heavy atom. The van der Waals surface area contributed by atoms with Gasteiger partial charge in [-0.15, -0.1) is 0 Å². The molecule has 0 aromatic heterocycles. The molecule has 4 aliphatic rings. The maximum atomic E-state index is 11.1. The van der Waals surface area contributed by atoms with Gasteiger partial charge in [0, 0.05) is 5.92 Å². The summed E-state index contributed by atoms with van der Waals surface area (Å²) in [7, 11) is 0. The molecule has 0 amide bonds. The third-order valence-corrected chi connectivity index (χ3v) is 8.36. The van der Waals surface area contributed by atoms with Crippen LogP contribution >= 0.6 is 0 Å². The molecule has 124 valence electrons. The van der Waals surface area contributed by atoms with Gasteiger partial charge in [-0.1, -0.05) is 38.3 Å². The molecule has 4 aliphatic carbocycles. The number of aliphatic hydroxyl groups excluding tert-OH is 1. The van der Waals surface area contributed by atoms with E-state index >= 15 is 0 Å². The number of nitrogens with zero attached hydrogens (tertiary/aromatic N) is 1. The first-order valence-corrected chi connectivity index (χ1v) is 9.41. The van der Waals surface area contributed by atoms with Crippen LogP contribution in [0.3, 0.4) is 0 Å². The van der Waals surface area contributed by atoms with Crippen LogP contribution < -0.4 is 0 Å². The zero-order chi connectivity index (χ0) is 15.5. The minimum Gasteiger partial charge on any atom is -0.411 e. The van der Waals surface area contributed by atoms with Crippen molar-refractivity contribution in [1.82, 2.24) is 0 Å². The Hall–Kier alpha value is -0.570. The molecular formula is C19H31NO2. The molecule has 0 aromatic rings. The van der Waals surface area contributed by atoms with Crippen molar-refractivity contribution in [2.24, 2.45) is 39.7 Å². The topological polar surface area (TPSA) is 52.8 Å². The van der Waals surface area contributed by atoms with Crippen molar-refractivity contribution in [3.05, 3.63) is 0 Å². The van der Waals surface area contributed by atoms with E-state index in [1.807, 2.05) is 0 Å². The van der Waals surface area contributed by atoms with Crippen molar-refractivity contribution < 1.29 is 10.3 Å². The maximum Gasteiger partial charge on any atom is 0.0991 e. The third kappa shape index (κ3) is 1.81. The van der Waals surface area contributed by atoms with Gasteiger partial charge in [0.15, 0.2) is 0 Å². The first-order valence-electron chi connectivity index (χ1n) is 9.41. The van der Waals surface area contributed by atoms with E-state index in [0.717, 1.165) is 12.1 Å². The van der Waals surface area contributed by atoms with E-state index in [1.165, 1.54) is 51.4 Å². The van der Waals surface area contributed by atoms with Gasteiger partial charge in [-0.25, -0.2) is 0 Å². The first-order chi connectivity index (χ1) is 10.5. The fourth-order valence-corrected chi connectivity index (χ4v) is 7.21. The van der Waals surface area contributed by atoms with Gasteiger partial charge < -0.3 is 10.3 Å². The molecule has 0 aliphatic heterocycles. The van der Waals surface area contributed by atoms with E-state index in [2.05, 4.69) is 19.0 Å². The number of aliphatic hydroxyl groups is 1. The lowest BCUT2D eigenvalue weighted by Crippen LogP contribution is -2.61. The summed E-state index contributed by atoms with van der Waals surface area (Å²) in [4.78, 5) is 0. The van der Waals surface area contributed by atoms with Crippen LogP contribution in [-0.2, 0) is 0 Å². The summed E-state index contributed by atoms with van der Waals surface area (Å²) in [5.74, 6) is 1.87. The molecule has 4 saturated carbocycles. The highest BCUT2D eigenvalue weighted by atomic mass is 16.4. The van der Waals surface area contributed by atoms with Crippen LogP contribution in [-0.4, -0.2) is 22.1 Å². The summed E-state index contributed by atoms with van der Waals surface area (Å²) in [6, 6.07) is 0. The number of oxime groups is 1. The Balaban J connectivity index is 1.77. The Morgan fingerprint density at radius 2 is 1.77 bits per heavy atom. The van der Waals surface area contributed by atoms with Gasteiger partial charge in [0.1, 0.15) is 0 Å². The molecular weight excluding hydrogens is 274 g/mol. The fraction of sp³-hybridized carbons (Fsp3) is 0.947. The van der Waals surface area contributed by atoms with Crippen LogP contribution in [0.1, 0.15) is 71.6 Å². The molecule has 3 nitrogen and oxygen atoms in total. The predicted molar refractivity (Wildman–Crippen MR) is 87.0 cm³/mol. The molecule has 0 spiro atoms. The zero-order valence-corrected chi connectivity index (χ0v) is 14.1. The highest BCUT2D eigenvalue weighted by Crippen LogP contribution is 2.65. The minimum atomic E-state index is -0.506. The van der Waals surface area contributed by atoms with E-state index in [1.54, 1.807) is 0 Å². The van der Waals surface area contributed by atoms with E-state index in [0.29, 0.717) is 29.1 Å². The molecule has 2 N–H and O–H groups in total. The van der Waals surface area contributed by atoms with Crippen LogP contribution in [0.4, 0.5) is 0 Å². The second kappa shape index (κ2) is 4.96.